The quantitative estimate of drug-likeness (QED) is 0.666. The van der Waals surface area contributed by atoms with Crippen molar-refractivity contribution in [2.45, 2.75) is 39.0 Å². The predicted octanol–water partition coefficient (Wildman–Crippen LogP) is 1.06. The van der Waals surface area contributed by atoms with E-state index >= 15 is 0 Å². The molecule has 0 rings (SSSR count). The first kappa shape index (κ1) is 13.9. The monoisotopic (exact) mass is 214 g/mol. The Morgan fingerprint density at radius 2 is 1.80 bits per heavy atom. The summed E-state index contributed by atoms with van der Waals surface area (Å²) in [6, 6.07) is 0. The van der Waals surface area contributed by atoms with Gasteiger partial charge in [-0.05, 0) is 19.3 Å². The fraction of sp³-hybridized carbons (Fsp3) is 0.818. The Morgan fingerprint density at radius 3 is 2.27 bits per heavy atom. The Bertz CT molecular complexity index is 205. The molecule has 0 saturated heterocycles. The van der Waals surface area contributed by atoms with E-state index in [1.54, 1.807) is 14.1 Å². The van der Waals surface area contributed by atoms with Crippen molar-refractivity contribution in [2.75, 3.05) is 14.1 Å². The van der Waals surface area contributed by atoms with Crippen molar-refractivity contribution in [1.82, 2.24) is 10.6 Å². The van der Waals surface area contributed by atoms with E-state index in [0.717, 1.165) is 25.7 Å². The molecule has 0 aliphatic carbocycles. The summed E-state index contributed by atoms with van der Waals surface area (Å²) in [7, 11) is 3.29. The lowest BCUT2D eigenvalue weighted by Crippen LogP contribution is -2.27. The minimum Gasteiger partial charge on any atom is -0.359 e. The van der Waals surface area contributed by atoms with Crippen molar-refractivity contribution in [2.24, 2.45) is 5.92 Å². The van der Waals surface area contributed by atoms with E-state index < -0.39 is 0 Å². The smallest absolute Gasteiger partial charge is 0.222 e. The number of amides is 2. The van der Waals surface area contributed by atoms with Gasteiger partial charge in [0.05, 0.1) is 0 Å². The normalized spacial score (nSPS) is 11.9. The fourth-order valence-electron chi connectivity index (χ4n) is 1.59. The van der Waals surface area contributed by atoms with Crippen LogP contribution in [-0.2, 0) is 9.59 Å². The van der Waals surface area contributed by atoms with Gasteiger partial charge >= 0.3 is 0 Å². The highest BCUT2D eigenvalue weighted by atomic mass is 16.2. The van der Waals surface area contributed by atoms with Crippen LogP contribution in [0.25, 0.3) is 0 Å². The molecule has 4 nitrogen and oxygen atoms in total. The molecule has 0 aliphatic rings. The Morgan fingerprint density at radius 1 is 1.13 bits per heavy atom. The van der Waals surface area contributed by atoms with Crippen molar-refractivity contribution in [3.8, 4) is 0 Å². The summed E-state index contributed by atoms with van der Waals surface area (Å²) in [5.41, 5.74) is 0. The largest absolute Gasteiger partial charge is 0.359 e. The van der Waals surface area contributed by atoms with Crippen molar-refractivity contribution >= 4 is 11.8 Å². The van der Waals surface area contributed by atoms with E-state index in [-0.39, 0.29) is 17.7 Å². The molecule has 15 heavy (non-hydrogen) atoms. The van der Waals surface area contributed by atoms with Gasteiger partial charge in [0.1, 0.15) is 0 Å². The molecule has 4 heteroatoms. The van der Waals surface area contributed by atoms with Crippen LogP contribution in [-0.4, -0.2) is 25.9 Å². The first-order valence-electron chi connectivity index (χ1n) is 5.57. The summed E-state index contributed by atoms with van der Waals surface area (Å²) in [6.45, 7) is 2.06. The second-order valence-corrected chi connectivity index (χ2v) is 3.67. The number of carbonyl (C=O) groups is 2. The highest BCUT2D eigenvalue weighted by Crippen LogP contribution is 2.14. The number of hydrogen-bond donors (Lipinski definition) is 2. The molecule has 0 aromatic carbocycles. The van der Waals surface area contributed by atoms with Gasteiger partial charge in [-0.1, -0.05) is 13.3 Å². The van der Waals surface area contributed by atoms with Crippen LogP contribution in [0.5, 0.6) is 0 Å². The molecule has 2 amide bonds. The molecule has 0 saturated carbocycles. The lowest BCUT2D eigenvalue weighted by atomic mass is 9.96. The first-order valence-corrected chi connectivity index (χ1v) is 5.57. The number of hydrogen-bond acceptors (Lipinski definition) is 2. The molecule has 1 unspecified atom stereocenters. The van der Waals surface area contributed by atoms with Crippen LogP contribution in [0, 0.1) is 5.92 Å². The van der Waals surface area contributed by atoms with Crippen LogP contribution in [0.2, 0.25) is 0 Å². The molecule has 0 aromatic heterocycles. The summed E-state index contributed by atoms with van der Waals surface area (Å²) in [4.78, 5) is 22.4. The van der Waals surface area contributed by atoms with Gasteiger partial charge in [0.2, 0.25) is 11.8 Å². The van der Waals surface area contributed by atoms with Gasteiger partial charge in [-0.2, -0.15) is 0 Å². The maximum atomic E-state index is 11.4. The average Bonchev–Trinajstić information content (AvgIpc) is 2.26. The van der Waals surface area contributed by atoms with Gasteiger partial charge in [-0.25, -0.2) is 0 Å². The van der Waals surface area contributed by atoms with Crippen molar-refractivity contribution in [3.05, 3.63) is 0 Å². The molecule has 0 aromatic rings. The summed E-state index contributed by atoms with van der Waals surface area (Å²) in [5, 5.41) is 5.24. The van der Waals surface area contributed by atoms with E-state index in [1.807, 2.05) is 0 Å². The second kappa shape index (κ2) is 8.26. The van der Waals surface area contributed by atoms with Crippen LogP contribution >= 0.6 is 0 Å². The van der Waals surface area contributed by atoms with E-state index in [9.17, 15) is 9.59 Å². The number of nitrogens with one attached hydrogen (secondary N) is 2. The molecule has 1 atom stereocenters. The molecule has 0 fully saturated rings. The minimum absolute atomic E-state index is 0.0437. The topological polar surface area (TPSA) is 58.2 Å². The Hall–Kier alpha value is -1.06. The lowest BCUT2D eigenvalue weighted by Gasteiger charge is -2.13. The van der Waals surface area contributed by atoms with Gasteiger partial charge < -0.3 is 10.6 Å². The maximum Gasteiger partial charge on any atom is 0.222 e. The van der Waals surface area contributed by atoms with Crippen molar-refractivity contribution < 1.29 is 9.59 Å². The van der Waals surface area contributed by atoms with Crippen LogP contribution in [0.4, 0.5) is 0 Å². The molecule has 0 spiro atoms. The third kappa shape index (κ3) is 6.10. The van der Waals surface area contributed by atoms with Crippen LogP contribution in [0.15, 0.2) is 0 Å². The molecule has 2 N–H and O–H groups in total. The van der Waals surface area contributed by atoms with Crippen LogP contribution < -0.4 is 10.6 Å². The summed E-state index contributed by atoms with van der Waals surface area (Å²) in [6.07, 6.45) is 3.97. The number of rotatable bonds is 7. The van der Waals surface area contributed by atoms with Crippen LogP contribution in [0.1, 0.15) is 39.0 Å². The third-order valence-corrected chi connectivity index (χ3v) is 2.49. The molecular weight excluding hydrogens is 192 g/mol. The molecular formula is C11H22N2O2. The first-order chi connectivity index (χ1) is 7.15. The summed E-state index contributed by atoms with van der Waals surface area (Å²) >= 11 is 0. The SMILES string of the molecule is CCCC(CCCC(=O)NC)C(=O)NC. The van der Waals surface area contributed by atoms with Crippen molar-refractivity contribution in [1.29, 1.82) is 0 Å². The second-order valence-electron chi connectivity index (χ2n) is 3.67. The van der Waals surface area contributed by atoms with E-state index in [4.69, 9.17) is 0 Å². The predicted molar refractivity (Wildman–Crippen MR) is 60.4 cm³/mol. The van der Waals surface area contributed by atoms with Crippen molar-refractivity contribution in [3.63, 3.8) is 0 Å². The van der Waals surface area contributed by atoms with Crippen LogP contribution in [0.3, 0.4) is 0 Å². The molecule has 0 heterocycles. The molecule has 0 bridgehead atoms. The molecule has 88 valence electrons. The van der Waals surface area contributed by atoms with Gasteiger partial charge in [0.25, 0.3) is 0 Å². The van der Waals surface area contributed by atoms with Gasteiger partial charge in [-0.3, -0.25) is 9.59 Å². The zero-order valence-corrected chi connectivity index (χ0v) is 9.93. The Balaban J connectivity index is 3.85. The molecule has 0 aliphatic heterocycles. The Kier molecular flexibility index (Phi) is 7.68. The van der Waals surface area contributed by atoms with E-state index in [0.29, 0.717) is 6.42 Å². The van der Waals surface area contributed by atoms with Gasteiger partial charge in [0.15, 0.2) is 0 Å². The average molecular weight is 214 g/mol. The Labute approximate surface area is 91.8 Å². The zero-order valence-electron chi connectivity index (χ0n) is 9.93. The highest BCUT2D eigenvalue weighted by molar-refractivity contribution is 5.78. The van der Waals surface area contributed by atoms with Gasteiger partial charge in [-0.15, -0.1) is 0 Å². The third-order valence-electron chi connectivity index (χ3n) is 2.49. The standard InChI is InChI=1S/C11H22N2O2/c1-4-6-9(11(15)13-3)7-5-8-10(14)12-2/h9H,4-8H2,1-3H3,(H,12,14)(H,13,15). The molecule has 0 radical (unpaired) electrons. The van der Waals surface area contributed by atoms with E-state index in [2.05, 4.69) is 17.6 Å². The lowest BCUT2D eigenvalue weighted by molar-refractivity contribution is -0.125. The summed E-state index contributed by atoms with van der Waals surface area (Å²) < 4.78 is 0. The fourth-order valence-corrected chi connectivity index (χ4v) is 1.59. The van der Waals surface area contributed by atoms with Gasteiger partial charge in [0, 0.05) is 26.4 Å². The zero-order chi connectivity index (χ0) is 11.7. The minimum atomic E-state index is 0.0437. The highest BCUT2D eigenvalue weighted by Gasteiger charge is 2.15. The maximum absolute atomic E-state index is 11.4. The number of carbonyl (C=O) groups excluding carboxylic acids is 2. The summed E-state index contributed by atoms with van der Waals surface area (Å²) in [5.74, 6) is 0.195. The van der Waals surface area contributed by atoms with E-state index in [1.165, 1.54) is 0 Å².